The molecule has 0 aromatic carbocycles. The lowest BCUT2D eigenvalue weighted by Crippen LogP contribution is -2.34. The molecule has 1 fully saturated rings. The fourth-order valence-electron chi connectivity index (χ4n) is 2.33. The van der Waals surface area contributed by atoms with Gasteiger partial charge in [0, 0.05) is 24.6 Å². The maximum atomic E-state index is 4.39. The zero-order valence-electron chi connectivity index (χ0n) is 9.87. The molecule has 0 amide bonds. The van der Waals surface area contributed by atoms with Crippen LogP contribution in [0.4, 0.5) is 5.69 Å². The highest BCUT2D eigenvalue weighted by molar-refractivity contribution is 5.57. The average molecular weight is 228 g/mol. The van der Waals surface area contributed by atoms with Gasteiger partial charge in [0.2, 0.25) is 0 Å². The Morgan fingerprint density at radius 2 is 2.18 bits per heavy atom. The van der Waals surface area contributed by atoms with E-state index in [1.54, 1.807) is 17.1 Å². The Morgan fingerprint density at radius 3 is 2.88 bits per heavy atom. The van der Waals surface area contributed by atoms with E-state index in [-0.39, 0.29) is 0 Å². The molecule has 1 aliphatic carbocycles. The van der Waals surface area contributed by atoms with E-state index in [1.807, 2.05) is 18.3 Å². The summed E-state index contributed by atoms with van der Waals surface area (Å²) in [6.45, 7) is 2.29. The maximum Gasteiger partial charge on any atom is 0.176 e. The van der Waals surface area contributed by atoms with Crippen molar-refractivity contribution < 1.29 is 0 Å². The summed E-state index contributed by atoms with van der Waals surface area (Å²) in [5, 5.41) is 7.77. The number of nitrogens with one attached hydrogen (secondary N) is 1. The second-order valence-electron chi connectivity index (χ2n) is 4.74. The van der Waals surface area contributed by atoms with E-state index in [0.717, 1.165) is 17.4 Å². The molecule has 0 spiro atoms. The molecule has 2 aromatic heterocycles. The van der Waals surface area contributed by atoms with Crippen LogP contribution in [0.1, 0.15) is 19.8 Å². The lowest BCUT2D eigenvalue weighted by Gasteiger charge is -2.34. The Labute approximate surface area is 101 Å². The number of pyridine rings is 1. The van der Waals surface area contributed by atoms with Gasteiger partial charge in [0.25, 0.3) is 0 Å². The zero-order chi connectivity index (χ0) is 11.7. The molecular weight excluding hydrogens is 212 g/mol. The summed E-state index contributed by atoms with van der Waals surface area (Å²) in [6, 6.07) is 6.51. The van der Waals surface area contributed by atoms with Gasteiger partial charge >= 0.3 is 0 Å². The Balaban J connectivity index is 1.84. The van der Waals surface area contributed by atoms with Gasteiger partial charge in [-0.2, -0.15) is 5.10 Å². The molecule has 88 valence electrons. The highest BCUT2D eigenvalue weighted by atomic mass is 15.3. The Bertz CT molecular complexity index is 486. The number of hydrogen-bond donors (Lipinski definition) is 1. The average Bonchev–Trinajstić information content (AvgIpc) is 2.81. The fraction of sp³-hybridized carbons (Fsp3) is 0.385. The first-order chi connectivity index (χ1) is 8.33. The first kappa shape index (κ1) is 10.3. The summed E-state index contributed by atoms with van der Waals surface area (Å²) in [4.78, 5) is 4.39. The van der Waals surface area contributed by atoms with Crippen molar-refractivity contribution >= 4 is 5.69 Å². The molecule has 4 nitrogen and oxygen atoms in total. The first-order valence-corrected chi connectivity index (χ1v) is 6.04. The third kappa shape index (κ3) is 2.02. The van der Waals surface area contributed by atoms with Crippen LogP contribution in [0, 0.1) is 5.92 Å². The molecule has 1 saturated carbocycles. The van der Waals surface area contributed by atoms with Crippen molar-refractivity contribution in [1.82, 2.24) is 14.8 Å². The van der Waals surface area contributed by atoms with Crippen LogP contribution >= 0.6 is 0 Å². The third-order valence-electron chi connectivity index (χ3n) is 3.24. The van der Waals surface area contributed by atoms with Gasteiger partial charge in [-0.1, -0.05) is 6.92 Å². The van der Waals surface area contributed by atoms with E-state index >= 15 is 0 Å². The van der Waals surface area contributed by atoms with Gasteiger partial charge in [0.1, 0.15) is 0 Å². The monoisotopic (exact) mass is 228 g/mol. The number of aromatic nitrogens is 3. The first-order valence-electron chi connectivity index (χ1n) is 6.04. The zero-order valence-corrected chi connectivity index (χ0v) is 9.87. The van der Waals surface area contributed by atoms with Crippen molar-refractivity contribution in [2.24, 2.45) is 5.92 Å². The molecule has 0 radical (unpaired) electrons. The van der Waals surface area contributed by atoms with Crippen LogP contribution < -0.4 is 5.32 Å². The Morgan fingerprint density at radius 1 is 1.29 bits per heavy atom. The summed E-state index contributed by atoms with van der Waals surface area (Å²) in [5.41, 5.74) is 1.06. The smallest absolute Gasteiger partial charge is 0.176 e. The van der Waals surface area contributed by atoms with Gasteiger partial charge in [0.05, 0.1) is 5.69 Å². The van der Waals surface area contributed by atoms with Gasteiger partial charge in [0.15, 0.2) is 5.82 Å². The van der Waals surface area contributed by atoms with Crippen molar-refractivity contribution in [1.29, 1.82) is 0 Å². The van der Waals surface area contributed by atoms with Crippen LogP contribution in [-0.4, -0.2) is 20.8 Å². The predicted molar refractivity (Wildman–Crippen MR) is 67.2 cm³/mol. The molecular formula is C13H16N4. The predicted octanol–water partition coefficient (Wildman–Crippen LogP) is 2.48. The van der Waals surface area contributed by atoms with Crippen molar-refractivity contribution in [3.63, 3.8) is 0 Å². The maximum absolute atomic E-state index is 4.39. The standard InChI is InChI=1S/C13H16N4/c1-10-8-11(9-10)16-12-4-2-5-14-13(12)17-7-3-6-15-17/h2-7,10-11,16H,8-9H2,1H3. The highest BCUT2D eigenvalue weighted by Gasteiger charge is 2.25. The number of rotatable bonds is 3. The van der Waals surface area contributed by atoms with Crippen LogP contribution in [0.2, 0.25) is 0 Å². The minimum Gasteiger partial charge on any atom is -0.379 e. The van der Waals surface area contributed by atoms with E-state index in [9.17, 15) is 0 Å². The Kier molecular flexibility index (Phi) is 2.55. The third-order valence-corrected chi connectivity index (χ3v) is 3.24. The van der Waals surface area contributed by atoms with Crippen LogP contribution in [0.5, 0.6) is 0 Å². The number of anilines is 1. The lowest BCUT2D eigenvalue weighted by atomic mass is 9.82. The molecule has 2 aromatic rings. The number of nitrogens with zero attached hydrogens (tertiary/aromatic N) is 3. The molecule has 3 rings (SSSR count). The molecule has 0 bridgehead atoms. The van der Waals surface area contributed by atoms with Crippen LogP contribution in [0.3, 0.4) is 0 Å². The summed E-state index contributed by atoms with van der Waals surface area (Å²) >= 11 is 0. The summed E-state index contributed by atoms with van der Waals surface area (Å²) in [7, 11) is 0. The normalized spacial score (nSPS) is 23.1. The van der Waals surface area contributed by atoms with Crippen molar-refractivity contribution in [3.8, 4) is 5.82 Å². The summed E-state index contributed by atoms with van der Waals surface area (Å²) < 4.78 is 1.80. The van der Waals surface area contributed by atoms with Crippen molar-refractivity contribution in [3.05, 3.63) is 36.8 Å². The van der Waals surface area contributed by atoms with Gasteiger partial charge in [-0.05, 0) is 37.0 Å². The van der Waals surface area contributed by atoms with Crippen LogP contribution in [0.25, 0.3) is 5.82 Å². The molecule has 17 heavy (non-hydrogen) atoms. The van der Waals surface area contributed by atoms with E-state index in [4.69, 9.17) is 0 Å². The summed E-state index contributed by atoms with van der Waals surface area (Å²) in [6.07, 6.45) is 7.97. The van der Waals surface area contributed by atoms with Gasteiger partial charge in [-0.15, -0.1) is 0 Å². The van der Waals surface area contributed by atoms with Crippen LogP contribution in [-0.2, 0) is 0 Å². The molecule has 1 N–H and O–H groups in total. The topological polar surface area (TPSA) is 42.7 Å². The lowest BCUT2D eigenvalue weighted by molar-refractivity contribution is 0.309. The summed E-state index contributed by atoms with van der Waals surface area (Å²) in [5.74, 6) is 1.72. The van der Waals surface area contributed by atoms with Crippen LogP contribution in [0.15, 0.2) is 36.8 Å². The van der Waals surface area contributed by atoms with Crippen molar-refractivity contribution in [2.45, 2.75) is 25.8 Å². The molecule has 0 unspecified atom stereocenters. The molecule has 4 heteroatoms. The molecule has 1 aliphatic rings. The number of hydrogen-bond acceptors (Lipinski definition) is 3. The van der Waals surface area contributed by atoms with E-state index in [1.165, 1.54) is 12.8 Å². The molecule has 0 aliphatic heterocycles. The van der Waals surface area contributed by atoms with Gasteiger partial charge in [-0.3, -0.25) is 0 Å². The SMILES string of the molecule is CC1CC(Nc2cccnc2-n2cccn2)C1. The molecule has 0 atom stereocenters. The highest BCUT2D eigenvalue weighted by Crippen LogP contribution is 2.30. The molecule has 2 heterocycles. The van der Waals surface area contributed by atoms with E-state index in [0.29, 0.717) is 6.04 Å². The fourth-order valence-corrected chi connectivity index (χ4v) is 2.33. The minimum absolute atomic E-state index is 0.587. The van der Waals surface area contributed by atoms with Gasteiger partial charge in [-0.25, -0.2) is 9.67 Å². The minimum atomic E-state index is 0.587. The Hall–Kier alpha value is -1.84. The van der Waals surface area contributed by atoms with E-state index < -0.39 is 0 Å². The second kappa shape index (κ2) is 4.20. The quantitative estimate of drug-likeness (QED) is 0.877. The van der Waals surface area contributed by atoms with Gasteiger partial charge < -0.3 is 5.32 Å². The second-order valence-corrected chi connectivity index (χ2v) is 4.74. The van der Waals surface area contributed by atoms with E-state index in [2.05, 4.69) is 28.4 Å². The molecule has 0 saturated heterocycles. The largest absolute Gasteiger partial charge is 0.379 e. The van der Waals surface area contributed by atoms with Crippen molar-refractivity contribution in [2.75, 3.05) is 5.32 Å².